The zero-order valence-corrected chi connectivity index (χ0v) is 11.1. The van der Waals surface area contributed by atoms with E-state index < -0.39 is 5.97 Å². The third-order valence-electron chi connectivity index (χ3n) is 2.96. The molecule has 2 aromatic rings. The fourth-order valence-corrected chi connectivity index (χ4v) is 1.84. The summed E-state index contributed by atoms with van der Waals surface area (Å²) in [7, 11) is 1.32. The Balaban J connectivity index is 2.07. The summed E-state index contributed by atoms with van der Waals surface area (Å²) in [5, 5.41) is 0. The van der Waals surface area contributed by atoms with Crippen molar-refractivity contribution >= 4 is 5.97 Å². The average Bonchev–Trinajstić information content (AvgIpc) is 2.90. The number of hydrogen-bond donors (Lipinski definition) is 1. The predicted molar refractivity (Wildman–Crippen MR) is 71.9 cm³/mol. The van der Waals surface area contributed by atoms with Gasteiger partial charge in [-0.1, -0.05) is 29.8 Å². The maximum Gasteiger partial charge on any atom is 0.373 e. The summed E-state index contributed by atoms with van der Waals surface area (Å²) in [5.41, 5.74) is 8.42. The maximum absolute atomic E-state index is 11.3. The molecule has 100 valence electrons. The summed E-state index contributed by atoms with van der Waals surface area (Å²) in [4.78, 5) is 11.3. The Morgan fingerprint density at radius 3 is 2.58 bits per heavy atom. The standard InChI is InChI=1S/C15H17NO3/c1-10-3-5-11(6-4-10)9-12(16)13-7-8-14(19-13)15(17)18-2/h3-8,12H,9,16H2,1-2H3. The van der Waals surface area contributed by atoms with Gasteiger partial charge in [0, 0.05) is 0 Å². The van der Waals surface area contributed by atoms with E-state index >= 15 is 0 Å². The van der Waals surface area contributed by atoms with Crippen LogP contribution >= 0.6 is 0 Å². The molecule has 19 heavy (non-hydrogen) atoms. The molecule has 0 saturated carbocycles. The second-order valence-corrected chi connectivity index (χ2v) is 4.49. The molecule has 0 saturated heterocycles. The number of hydrogen-bond acceptors (Lipinski definition) is 4. The van der Waals surface area contributed by atoms with Gasteiger partial charge in [0.2, 0.25) is 5.76 Å². The number of ether oxygens (including phenoxy) is 1. The Bertz CT molecular complexity index is 557. The Labute approximate surface area is 112 Å². The second-order valence-electron chi connectivity index (χ2n) is 4.49. The van der Waals surface area contributed by atoms with Gasteiger partial charge in [-0.2, -0.15) is 0 Å². The molecule has 0 aliphatic rings. The molecule has 0 fully saturated rings. The van der Waals surface area contributed by atoms with E-state index in [0.29, 0.717) is 12.2 Å². The van der Waals surface area contributed by atoms with E-state index in [1.807, 2.05) is 31.2 Å². The van der Waals surface area contributed by atoms with Crippen LogP contribution in [0.1, 0.15) is 33.5 Å². The minimum atomic E-state index is -0.492. The molecule has 0 bridgehead atoms. The van der Waals surface area contributed by atoms with E-state index in [2.05, 4.69) is 4.74 Å². The van der Waals surface area contributed by atoms with Gasteiger partial charge < -0.3 is 14.9 Å². The van der Waals surface area contributed by atoms with Crippen LogP contribution in [0.2, 0.25) is 0 Å². The Morgan fingerprint density at radius 2 is 1.95 bits per heavy atom. The Kier molecular flexibility index (Phi) is 4.02. The van der Waals surface area contributed by atoms with Crippen LogP contribution in [0.25, 0.3) is 0 Å². The first-order valence-corrected chi connectivity index (χ1v) is 6.09. The molecule has 2 N–H and O–H groups in total. The first-order chi connectivity index (χ1) is 9.10. The zero-order valence-electron chi connectivity index (χ0n) is 11.1. The highest BCUT2D eigenvalue weighted by Crippen LogP contribution is 2.19. The number of methoxy groups -OCH3 is 1. The number of benzene rings is 1. The first-order valence-electron chi connectivity index (χ1n) is 6.09. The van der Waals surface area contributed by atoms with Crippen molar-refractivity contribution in [2.75, 3.05) is 7.11 Å². The highest BCUT2D eigenvalue weighted by molar-refractivity contribution is 5.86. The third-order valence-corrected chi connectivity index (χ3v) is 2.96. The summed E-state index contributed by atoms with van der Waals surface area (Å²) < 4.78 is 9.98. The van der Waals surface area contributed by atoms with Gasteiger partial charge in [-0.3, -0.25) is 0 Å². The molecule has 1 unspecified atom stereocenters. The van der Waals surface area contributed by atoms with E-state index in [4.69, 9.17) is 10.2 Å². The number of furan rings is 1. The van der Waals surface area contributed by atoms with Crippen molar-refractivity contribution in [3.8, 4) is 0 Å². The third kappa shape index (κ3) is 3.23. The fraction of sp³-hybridized carbons (Fsp3) is 0.267. The number of rotatable bonds is 4. The predicted octanol–water partition coefficient (Wildman–Crippen LogP) is 2.62. The SMILES string of the molecule is COC(=O)c1ccc(C(N)Cc2ccc(C)cc2)o1. The molecule has 0 aliphatic carbocycles. The lowest BCUT2D eigenvalue weighted by Crippen LogP contribution is -2.12. The summed E-state index contributed by atoms with van der Waals surface area (Å²) in [5.74, 6) is 0.270. The molecule has 0 spiro atoms. The highest BCUT2D eigenvalue weighted by atomic mass is 16.5. The molecule has 2 rings (SSSR count). The van der Waals surface area contributed by atoms with Crippen LogP contribution in [-0.4, -0.2) is 13.1 Å². The lowest BCUT2D eigenvalue weighted by Gasteiger charge is -2.09. The number of aryl methyl sites for hydroxylation is 1. The van der Waals surface area contributed by atoms with Gasteiger partial charge in [0.1, 0.15) is 5.76 Å². The summed E-state index contributed by atoms with van der Waals surface area (Å²) in [6, 6.07) is 11.2. The van der Waals surface area contributed by atoms with Gasteiger partial charge >= 0.3 is 5.97 Å². The lowest BCUT2D eigenvalue weighted by molar-refractivity contribution is 0.0562. The Morgan fingerprint density at radius 1 is 1.26 bits per heavy atom. The minimum Gasteiger partial charge on any atom is -0.463 e. The molecule has 1 aromatic heterocycles. The monoisotopic (exact) mass is 259 g/mol. The van der Waals surface area contributed by atoms with E-state index in [0.717, 1.165) is 5.56 Å². The van der Waals surface area contributed by atoms with Crippen molar-refractivity contribution in [1.82, 2.24) is 0 Å². The van der Waals surface area contributed by atoms with E-state index in [9.17, 15) is 4.79 Å². The van der Waals surface area contributed by atoms with Crippen LogP contribution in [0.15, 0.2) is 40.8 Å². The molecule has 0 amide bonds. The van der Waals surface area contributed by atoms with Crippen LogP contribution in [-0.2, 0) is 11.2 Å². The highest BCUT2D eigenvalue weighted by Gasteiger charge is 2.15. The molecule has 1 heterocycles. The minimum absolute atomic E-state index is 0.178. The largest absolute Gasteiger partial charge is 0.463 e. The molecular formula is C15H17NO3. The topological polar surface area (TPSA) is 65.5 Å². The van der Waals surface area contributed by atoms with Gasteiger partial charge in [-0.15, -0.1) is 0 Å². The van der Waals surface area contributed by atoms with Gasteiger partial charge in [-0.25, -0.2) is 4.79 Å². The van der Waals surface area contributed by atoms with Crippen molar-refractivity contribution in [3.63, 3.8) is 0 Å². The smallest absolute Gasteiger partial charge is 0.373 e. The summed E-state index contributed by atoms with van der Waals surface area (Å²) in [6.07, 6.45) is 0.661. The fourth-order valence-electron chi connectivity index (χ4n) is 1.84. The first kappa shape index (κ1) is 13.4. The van der Waals surface area contributed by atoms with Crippen LogP contribution in [0.4, 0.5) is 0 Å². The second kappa shape index (κ2) is 5.71. The number of nitrogens with two attached hydrogens (primary N) is 1. The van der Waals surface area contributed by atoms with Crippen LogP contribution in [0.3, 0.4) is 0 Å². The van der Waals surface area contributed by atoms with Crippen LogP contribution in [0, 0.1) is 6.92 Å². The van der Waals surface area contributed by atoms with E-state index in [-0.39, 0.29) is 11.8 Å². The van der Waals surface area contributed by atoms with E-state index in [1.165, 1.54) is 12.7 Å². The normalized spacial score (nSPS) is 12.2. The van der Waals surface area contributed by atoms with Crippen molar-refractivity contribution in [3.05, 3.63) is 59.0 Å². The van der Waals surface area contributed by atoms with Gasteiger partial charge in [0.15, 0.2) is 0 Å². The van der Waals surface area contributed by atoms with Crippen LogP contribution in [0.5, 0.6) is 0 Å². The van der Waals surface area contributed by atoms with Crippen molar-refractivity contribution < 1.29 is 13.9 Å². The zero-order chi connectivity index (χ0) is 13.8. The Hall–Kier alpha value is -2.07. The van der Waals surface area contributed by atoms with Gasteiger partial charge in [-0.05, 0) is 31.0 Å². The quantitative estimate of drug-likeness (QED) is 0.857. The molecule has 4 nitrogen and oxygen atoms in total. The van der Waals surface area contributed by atoms with Gasteiger partial charge in [0.05, 0.1) is 13.2 Å². The number of carbonyl (C=O) groups excluding carboxylic acids is 1. The van der Waals surface area contributed by atoms with Crippen molar-refractivity contribution in [2.45, 2.75) is 19.4 Å². The number of carbonyl (C=O) groups is 1. The summed E-state index contributed by atoms with van der Waals surface area (Å²) in [6.45, 7) is 2.04. The molecule has 1 aromatic carbocycles. The van der Waals surface area contributed by atoms with Crippen molar-refractivity contribution in [2.24, 2.45) is 5.73 Å². The average molecular weight is 259 g/mol. The number of esters is 1. The van der Waals surface area contributed by atoms with E-state index in [1.54, 1.807) is 12.1 Å². The van der Waals surface area contributed by atoms with Crippen molar-refractivity contribution in [1.29, 1.82) is 0 Å². The maximum atomic E-state index is 11.3. The van der Waals surface area contributed by atoms with Gasteiger partial charge in [0.25, 0.3) is 0 Å². The molecule has 4 heteroatoms. The van der Waals surface area contributed by atoms with Crippen LogP contribution < -0.4 is 5.73 Å². The summed E-state index contributed by atoms with van der Waals surface area (Å²) >= 11 is 0. The molecule has 1 atom stereocenters. The molecular weight excluding hydrogens is 242 g/mol. The lowest BCUT2D eigenvalue weighted by atomic mass is 10.0. The molecule has 0 aliphatic heterocycles. The molecule has 0 radical (unpaired) electrons.